The monoisotopic (exact) mass is 482 g/mol. The Labute approximate surface area is 205 Å². The molecule has 180 valence electrons. The van der Waals surface area contributed by atoms with Crippen molar-refractivity contribution < 1.29 is 19.4 Å². The summed E-state index contributed by atoms with van der Waals surface area (Å²) in [5.74, 6) is -3.16. The van der Waals surface area contributed by atoms with Crippen molar-refractivity contribution in [2.24, 2.45) is 5.73 Å². The molecule has 0 radical (unpaired) electrons. The highest BCUT2D eigenvalue weighted by Gasteiger charge is 2.44. The van der Waals surface area contributed by atoms with Gasteiger partial charge in [-0.3, -0.25) is 9.59 Å². The molecule has 0 fully saturated rings. The van der Waals surface area contributed by atoms with Crippen LogP contribution in [0.2, 0.25) is 5.02 Å². The second-order valence-corrected chi connectivity index (χ2v) is 9.22. The number of benzene rings is 1. The van der Waals surface area contributed by atoms with E-state index in [1.165, 1.54) is 32.1 Å². The van der Waals surface area contributed by atoms with Crippen LogP contribution in [-0.4, -0.2) is 16.7 Å². The fourth-order valence-corrected chi connectivity index (χ4v) is 4.63. The zero-order valence-electron chi connectivity index (χ0n) is 19.5. The van der Waals surface area contributed by atoms with Crippen LogP contribution in [0.4, 0.5) is 0 Å². The quantitative estimate of drug-likeness (QED) is 0.283. The summed E-state index contributed by atoms with van der Waals surface area (Å²) in [6.45, 7) is 2.20. The number of rotatable bonds is 11. The minimum absolute atomic E-state index is 0.0115. The van der Waals surface area contributed by atoms with Gasteiger partial charge in [-0.2, -0.15) is 5.26 Å². The number of nitrogens with two attached hydrogens (primary N) is 1. The summed E-state index contributed by atoms with van der Waals surface area (Å²) in [4.78, 5) is 26.4. The molecule has 7 heteroatoms. The first-order valence-corrected chi connectivity index (χ1v) is 12.4. The molecule has 1 aliphatic carbocycles. The van der Waals surface area contributed by atoms with E-state index in [2.05, 4.69) is 6.92 Å². The number of halogens is 1. The molecule has 2 aliphatic rings. The number of Topliss-reactive ketones (excluding diaryl/α,β-unsaturated/α-hetero) is 2. The van der Waals surface area contributed by atoms with Crippen LogP contribution in [0.1, 0.15) is 82.6 Å². The maximum absolute atomic E-state index is 13.2. The lowest BCUT2D eigenvalue weighted by Crippen LogP contribution is -2.33. The molecule has 0 amide bonds. The summed E-state index contributed by atoms with van der Waals surface area (Å²) in [6, 6.07) is 8.54. The van der Waals surface area contributed by atoms with Crippen LogP contribution in [-0.2, 0) is 14.3 Å². The fourth-order valence-electron chi connectivity index (χ4n) is 4.50. The average molecular weight is 483 g/mol. The Morgan fingerprint density at radius 1 is 1.00 bits per heavy atom. The number of ether oxygens (including phenoxy) is 1. The van der Waals surface area contributed by atoms with Crippen LogP contribution < -0.4 is 5.73 Å². The molecule has 6 nitrogen and oxygen atoms in total. The van der Waals surface area contributed by atoms with Crippen LogP contribution >= 0.6 is 11.6 Å². The molecule has 1 aliphatic heterocycles. The number of aliphatic hydroxyl groups is 1. The first-order valence-electron chi connectivity index (χ1n) is 12.0. The lowest BCUT2D eigenvalue weighted by molar-refractivity contribution is -0.120. The van der Waals surface area contributed by atoms with Gasteiger partial charge in [-0.25, -0.2) is 0 Å². The van der Waals surface area contributed by atoms with Crippen molar-refractivity contribution in [3.05, 3.63) is 69.0 Å². The number of nitrogens with zero attached hydrogens (tertiary/aromatic N) is 1. The molecule has 0 bridgehead atoms. The van der Waals surface area contributed by atoms with Crippen LogP contribution in [0.25, 0.3) is 0 Å². The molecule has 1 heterocycles. The topological polar surface area (TPSA) is 113 Å². The average Bonchev–Trinajstić information content (AvgIpc) is 2.83. The molecular weight excluding hydrogens is 452 g/mol. The van der Waals surface area contributed by atoms with E-state index >= 15 is 0 Å². The van der Waals surface area contributed by atoms with Crippen molar-refractivity contribution in [3.63, 3.8) is 0 Å². The van der Waals surface area contributed by atoms with Crippen molar-refractivity contribution in [2.45, 2.75) is 77.0 Å². The van der Waals surface area contributed by atoms with Gasteiger partial charge in [0, 0.05) is 10.6 Å². The van der Waals surface area contributed by atoms with Gasteiger partial charge in [-0.05, 0) is 30.5 Å². The zero-order chi connectivity index (χ0) is 24.7. The zero-order valence-corrected chi connectivity index (χ0v) is 20.3. The van der Waals surface area contributed by atoms with Crippen LogP contribution in [0.15, 0.2) is 58.4 Å². The van der Waals surface area contributed by atoms with Gasteiger partial charge < -0.3 is 15.6 Å². The largest absolute Gasteiger partial charge is 0.504 e. The number of aliphatic hydroxyl groups excluding tert-OH is 1. The highest BCUT2D eigenvalue weighted by Crippen LogP contribution is 2.44. The van der Waals surface area contributed by atoms with E-state index in [-0.39, 0.29) is 34.8 Å². The van der Waals surface area contributed by atoms with Gasteiger partial charge in [0.15, 0.2) is 11.5 Å². The molecule has 0 spiro atoms. The standard InChI is InChI=1S/C27H31ClN2O4/c1-2-3-4-5-6-7-8-9-10-11-19-23(31)25(33)22-21(17-12-14-18(28)15-13-17)20(16-29)27(30)34-26(22)24(19)32/h12-15,21,31H,2-11,30H2,1H3. The number of ketones is 2. The maximum atomic E-state index is 13.2. The van der Waals surface area contributed by atoms with E-state index in [0.29, 0.717) is 17.0 Å². The summed E-state index contributed by atoms with van der Waals surface area (Å²) in [6.07, 6.45) is 10.3. The number of allylic oxidation sites excluding steroid dienone is 3. The molecule has 1 atom stereocenters. The Bertz CT molecular complexity index is 1080. The molecule has 1 aromatic rings. The summed E-state index contributed by atoms with van der Waals surface area (Å²) in [5, 5.41) is 20.8. The van der Waals surface area contributed by atoms with Gasteiger partial charge in [0.2, 0.25) is 17.4 Å². The number of hydrogen-bond donors (Lipinski definition) is 2. The number of unbranched alkanes of at least 4 members (excludes halogenated alkanes) is 8. The Morgan fingerprint density at radius 3 is 2.18 bits per heavy atom. The second kappa shape index (κ2) is 11.9. The van der Waals surface area contributed by atoms with Crippen molar-refractivity contribution in [1.29, 1.82) is 5.26 Å². The number of carbonyl (C=O) groups excluding carboxylic acids is 2. The van der Waals surface area contributed by atoms with Gasteiger partial charge in [0.05, 0.1) is 11.5 Å². The molecule has 0 saturated heterocycles. The van der Waals surface area contributed by atoms with Crippen molar-refractivity contribution in [1.82, 2.24) is 0 Å². The Hall–Kier alpha value is -3.04. The van der Waals surface area contributed by atoms with Crippen molar-refractivity contribution in [2.75, 3.05) is 0 Å². The fraction of sp³-hybridized carbons (Fsp3) is 0.444. The Morgan fingerprint density at radius 2 is 1.59 bits per heavy atom. The highest BCUT2D eigenvalue weighted by molar-refractivity contribution is 6.30. The predicted octanol–water partition coefficient (Wildman–Crippen LogP) is 6.29. The summed E-state index contributed by atoms with van der Waals surface area (Å²) in [5.41, 5.74) is 6.52. The Balaban J connectivity index is 1.73. The molecular formula is C27H31ClN2O4. The van der Waals surface area contributed by atoms with Crippen LogP contribution in [0.5, 0.6) is 0 Å². The van der Waals surface area contributed by atoms with E-state index in [1.807, 2.05) is 6.07 Å². The van der Waals surface area contributed by atoms with Gasteiger partial charge in [-0.15, -0.1) is 0 Å². The Kier molecular flexibility index (Phi) is 8.95. The van der Waals surface area contributed by atoms with Gasteiger partial charge in [0.25, 0.3) is 0 Å². The highest BCUT2D eigenvalue weighted by atomic mass is 35.5. The van der Waals surface area contributed by atoms with Gasteiger partial charge in [-0.1, -0.05) is 82.0 Å². The minimum atomic E-state index is -0.918. The number of hydrogen-bond acceptors (Lipinski definition) is 6. The van der Waals surface area contributed by atoms with Crippen LogP contribution in [0.3, 0.4) is 0 Å². The first kappa shape index (κ1) is 25.6. The molecule has 0 aromatic heterocycles. The SMILES string of the molecule is CCCCCCCCCCCC1=C(O)C(=O)C2=C(OC(N)=C(C#N)C2c2ccc(Cl)cc2)C1=O. The first-order chi connectivity index (χ1) is 16.4. The molecule has 0 saturated carbocycles. The molecule has 34 heavy (non-hydrogen) atoms. The molecule has 1 aromatic carbocycles. The maximum Gasteiger partial charge on any atom is 0.228 e. The van der Waals surface area contributed by atoms with E-state index in [4.69, 9.17) is 22.1 Å². The normalized spacial score (nSPS) is 18.2. The molecule has 1 unspecified atom stereocenters. The third-order valence-corrected chi connectivity index (χ3v) is 6.63. The second-order valence-electron chi connectivity index (χ2n) is 8.78. The molecule has 3 rings (SSSR count). The number of nitriles is 1. The predicted molar refractivity (Wildman–Crippen MR) is 131 cm³/mol. The van der Waals surface area contributed by atoms with Crippen LogP contribution in [0, 0.1) is 11.3 Å². The lowest BCUT2D eigenvalue weighted by atomic mass is 9.76. The van der Waals surface area contributed by atoms with Gasteiger partial charge >= 0.3 is 0 Å². The smallest absolute Gasteiger partial charge is 0.228 e. The van der Waals surface area contributed by atoms with E-state index in [1.54, 1.807) is 24.3 Å². The van der Waals surface area contributed by atoms with Gasteiger partial charge in [0.1, 0.15) is 11.6 Å². The lowest BCUT2D eigenvalue weighted by Gasteiger charge is -2.30. The van der Waals surface area contributed by atoms with E-state index in [0.717, 1.165) is 19.3 Å². The summed E-state index contributed by atoms with van der Waals surface area (Å²) >= 11 is 5.98. The third-order valence-electron chi connectivity index (χ3n) is 6.38. The van der Waals surface area contributed by atoms with Crippen molar-refractivity contribution in [3.8, 4) is 6.07 Å². The van der Waals surface area contributed by atoms with E-state index < -0.39 is 23.2 Å². The third kappa shape index (κ3) is 5.53. The van der Waals surface area contributed by atoms with Crippen molar-refractivity contribution >= 4 is 23.2 Å². The minimum Gasteiger partial charge on any atom is -0.504 e. The summed E-state index contributed by atoms with van der Waals surface area (Å²) in [7, 11) is 0. The summed E-state index contributed by atoms with van der Waals surface area (Å²) < 4.78 is 5.49. The molecule has 3 N–H and O–H groups in total. The van der Waals surface area contributed by atoms with E-state index in [9.17, 15) is 20.0 Å². The number of carbonyl (C=O) groups is 2.